The molecule has 7 nitrogen and oxygen atoms in total. The number of ether oxygens (including phenoxy) is 2. The highest BCUT2D eigenvalue weighted by atomic mass is 16.5. The van der Waals surface area contributed by atoms with Gasteiger partial charge in [-0.25, -0.2) is 4.79 Å². The van der Waals surface area contributed by atoms with E-state index in [9.17, 15) is 14.4 Å². The molecule has 1 amide bonds. The second-order valence-electron chi connectivity index (χ2n) is 6.23. The summed E-state index contributed by atoms with van der Waals surface area (Å²) < 4.78 is 10.3. The summed E-state index contributed by atoms with van der Waals surface area (Å²) in [6.45, 7) is 3.23. The maximum absolute atomic E-state index is 12.7. The van der Waals surface area contributed by atoms with Crippen molar-refractivity contribution >= 4 is 23.5 Å². The van der Waals surface area contributed by atoms with Gasteiger partial charge in [-0.1, -0.05) is 12.1 Å². The summed E-state index contributed by atoms with van der Waals surface area (Å²) in [6, 6.07) is 7.16. The highest BCUT2D eigenvalue weighted by molar-refractivity contribution is 5.89. The summed E-state index contributed by atoms with van der Waals surface area (Å²) in [5.41, 5.74) is 0.731. The molecule has 1 fully saturated rings. The number of nitrogens with zero attached hydrogens (tertiary/aromatic N) is 2. The number of rotatable bonds is 4. The standard InChI is InChI=1S/C18H22N2O5/c1-2-24-18(23)13-6-5-9-19(10-13)16(21)11-20-12-17(22)25-15-8-4-3-7-14(15)20/h3-4,7-8,13H,2,5-6,9-12H2,1H3. The van der Waals surface area contributed by atoms with E-state index in [0.29, 0.717) is 25.4 Å². The van der Waals surface area contributed by atoms with Crippen LogP contribution in [-0.4, -0.2) is 55.5 Å². The Bertz CT molecular complexity index is 675. The minimum atomic E-state index is -0.380. The predicted octanol–water partition coefficient (Wildman–Crippen LogP) is 1.21. The molecule has 134 valence electrons. The number of esters is 2. The van der Waals surface area contributed by atoms with Crippen LogP contribution in [0.25, 0.3) is 0 Å². The molecule has 2 aliphatic rings. The van der Waals surface area contributed by atoms with Gasteiger partial charge in [0.1, 0.15) is 6.54 Å². The molecule has 2 aliphatic heterocycles. The Balaban J connectivity index is 1.66. The van der Waals surface area contributed by atoms with Gasteiger partial charge in [-0.15, -0.1) is 0 Å². The van der Waals surface area contributed by atoms with E-state index < -0.39 is 0 Å². The van der Waals surface area contributed by atoms with Gasteiger partial charge in [0.15, 0.2) is 5.75 Å². The van der Waals surface area contributed by atoms with Crippen molar-refractivity contribution in [3.05, 3.63) is 24.3 Å². The minimum Gasteiger partial charge on any atom is -0.466 e. The van der Waals surface area contributed by atoms with Gasteiger partial charge < -0.3 is 19.3 Å². The number of hydrogen-bond donors (Lipinski definition) is 0. The molecular weight excluding hydrogens is 324 g/mol. The summed E-state index contributed by atoms with van der Waals surface area (Å²) in [5, 5.41) is 0. The Morgan fingerprint density at radius 1 is 1.32 bits per heavy atom. The van der Waals surface area contributed by atoms with Crippen LogP contribution >= 0.6 is 0 Å². The number of likely N-dealkylation sites (tertiary alicyclic amines) is 1. The van der Waals surface area contributed by atoms with Crippen molar-refractivity contribution in [3.8, 4) is 5.75 Å². The number of anilines is 1. The molecule has 25 heavy (non-hydrogen) atoms. The molecule has 7 heteroatoms. The lowest BCUT2D eigenvalue weighted by Crippen LogP contribution is -2.48. The number of fused-ring (bicyclic) bond motifs is 1. The first-order valence-electron chi connectivity index (χ1n) is 8.57. The molecule has 1 saturated heterocycles. The second kappa shape index (κ2) is 7.55. The van der Waals surface area contributed by atoms with Crippen molar-refractivity contribution in [2.24, 2.45) is 5.92 Å². The first-order chi connectivity index (χ1) is 12.1. The van der Waals surface area contributed by atoms with Gasteiger partial charge in [-0.2, -0.15) is 0 Å². The second-order valence-corrected chi connectivity index (χ2v) is 6.23. The van der Waals surface area contributed by atoms with E-state index in [1.165, 1.54) is 0 Å². The smallest absolute Gasteiger partial charge is 0.331 e. The van der Waals surface area contributed by atoms with Crippen molar-refractivity contribution in [2.75, 3.05) is 37.7 Å². The molecule has 3 rings (SSSR count). The molecule has 1 aromatic rings. The third-order valence-corrected chi connectivity index (χ3v) is 4.47. The van der Waals surface area contributed by atoms with Crippen LogP contribution in [0, 0.1) is 5.92 Å². The van der Waals surface area contributed by atoms with Gasteiger partial charge in [0, 0.05) is 13.1 Å². The van der Waals surface area contributed by atoms with E-state index in [1.807, 2.05) is 12.1 Å². The van der Waals surface area contributed by atoms with Crippen molar-refractivity contribution in [2.45, 2.75) is 19.8 Å². The fourth-order valence-corrected chi connectivity index (χ4v) is 3.26. The van der Waals surface area contributed by atoms with Crippen LogP contribution in [-0.2, 0) is 19.1 Å². The van der Waals surface area contributed by atoms with E-state index in [0.717, 1.165) is 18.5 Å². The largest absolute Gasteiger partial charge is 0.466 e. The third kappa shape index (κ3) is 3.92. The predicted molar refractivity (Wildman–Crippen MR) is 90.2 cm³/mol. The average molecular weight is 346 g/mol. The van der Waals surface area contributed by atoms with Crippen LogP contribution in [0.5, 0.6) is 5.75 Å². The van der Waals surface area contributed by atoms with E-state index >= 15 is 0 Å². The summed E-state index contributed by atoms with van der Waals surface area (Å²) in [5.74, 6) is -0.522. The average Bonchev–Trinajstić information content (AvgIpc) is 2.62. The Kier molecular flexibility index (Phi) is 5.21. The van der Waals surface area contributed by atoms with E-state index in [4.69, 9.17) is 9.47 Å². The number of amides is 1. The lowest BCUT2D eigenvalue weighted by Gasteiger charge is -2.35. The number of hydrogen-bond acceptors (Lipinski definition) is 6. The number of carbonyl (C=O) groups excluding carboxylic acids is 3. The molecule has 1 aromatic carbocycles. The van der Waals surface area contributed by atoms with Crippen molar-refractivity contribution in [3.63, 3.8) is 0 Å². The lowest BCUT2D eigenvalue weighted by atomic mass is 9.98. The Hall–Kier alpha value is -2.57. The zero-order valence-electron chi connectivity index (χ0n) is 14.3. The topological polar surface area (TPSA) is 76.2 Å². The highest BCUT2D eigenvalue weighted by Crippen LogP contribution is 2.31. The van der Waals surface area contributed by atoms with Crippen molar-refractivity contribution in [1.82, 2.24) is 4.90 Å². The van der Waals surface area contributed by atoms with Crippen LogP contribution < -0.4 is 9.64 Å². The Labute approximate surface area is 146 Å². The molecule has 0 spiro atoms. The zero-order chi connectivity index (χ0) is 17.8. The minimum absolute atomic E-state index is 0.0396. The first-order valence-corrected chi connectivity index (χ1v) is 8.57. The Morgan fingerprint density at radius 2 is 2.12 bits per heavy atom. The van der Waals surface area contributed by atoms with Gasteiger partial charge in [-0.3, -0.25) is 9.59 Å². The molecule has 1 atom stereocenters. The van der Waals surface area contributed by atoms with Crippen LogP contribution in [0.4, 0.5) is 5.69 Å². The van der Waals surface area contributed by atoms with Gasteiger partial charge in [0.2, 0.25) is 5.91 Å². The van der Waals surface area contributed by atoms with Gasteiger partial charge in [0.25, 0.3) is 0 Å². The molecule has 0 radical (unpaired) electrons. The van der Waals surface area contributed by atoms with Crippen LogP contribution in [0.3, 0.4) is 0 Å². The monoisotopic (exact) mass is 346 g/mol. The maximum atomic E-state index is 12.7. The van der Waals surface area contributed by atoms with Gasteiger partial charge in [-0.05, 0) is 31.9 Å². The summed E-state index contributed by atoms with van der Waals surface area (Å²) >= 11 is 0. The molecule has 0 aromatic heterocycles. The summed E-state index contributed by atoms with van der Waals surface area (Å²) in [7, 11) is 0. The zero-order valence-corrected chi connectivity index (χ0v) is 14.3. The molecule has 1 unspecified atom stereocenters. The molecule has 0 aliphatic carbocycles. The first kappa shape index (κ1) is 17.3. The number of benzene rings is 1. The van der Waals surface area contributed by atoms with Gasteiger partial charge >= 0.3 is 11.9 Å². The van der Waals surface area contributed by atoms with Crippen LogP contribution in [0.15, 0.2) is 24.3 Å². The normalized spacial score (nSPS) is 19.9. The molecule has 0 bridgehead atoms. The molecule has 0 N–H and O–H groups in total. The molecule has 0 saturated carbocycles. The van der Waals surface area contributed by atoms with Gasteiger partial charge in [0.05, 0.1) is 24.8 Å². The highest BCUT2D eigenvalue weighted by Gasteiger charge is 2.31. The summed E-state index contributed by atoms with van der Waals surface area (Å²) in [4.78, 5) is 39.8. The number of para-hydroxylation sites is 2. The third-order valence-electron chi connectivity index (χ3n) is 4.47. The number of carbonyl (C=O) groups is 3. The van der Waals surface area contributed by atoms with E-state index in [2.05, 4.69) is 0 Å². The lowest BCUT2D eigenvalue weighted by molar-refractivity contribution is -0.151. The van der Waals surface area contributed by atoms with Crippen molar-refractivity contribution < 1.29 is 23.9 Å². The fourth-order valence-electron chi connectivity index (χ4n) is 3.26. The SMILES string of the molecule is CCOC(=O)C1CCCN(C(=O)CN2CC(=O)Oc3ccccc32)C1. The maximum Gasteiger partial charge on any atom is 0.331 e. The molecular formula is C18H22N2O5. The fraction of sp³-hybridized carbons (Fsp3) is 0.500. The Morgan fingerprint density at radius 3 is 2.92 bits per heavy atom. The van der Waals surface area contributed by atoms with E-state index in [1.54, 1.807) is 28.9 Å². The number of piperidine rings is 1. The van der Waals surface area contributed by atoms with Crippen molar-refractivity contribution in [1.29, 1.82) is 0 Å². The van der Waals surface area contributed by atoms with Crippen LogP contribution in [0.2, 0.25) is 0 Å². The molecule has 2 heterocycles. The van der Waals surface area contributed by atoms with Crippen LogP contribution in [0.1, 0.15) is 19.8 Å². The van der Waals surface area contributed by atoms with E-state index in [-0.39, 0.29) is 36.9 Å². The quantitative estimate of drug-likeness (QED) is 0.603. The summed E-state index contributed by atoms with van der Waals surface area (Å²) in [6.07, 6.45) is 1.51.